The molecule has 0 amide bonds. The lowest BCUT2D eigenvalue weighted by molar-refractivity contribution is -0.325. The SMILES string of the molecule is OC[C@H]1O[C@@H](OC[C@H]2O[C@@H](O)[C@H](O)[C@@H](O)[C@H]2O)[C@H](O)[C@@H](O)[C@H]1O. The zero-order valence-corrected chi connectivity index (χ0v) is 12.0. The van der Waals surface area contributed by atoms with Crippen molar-refractivity contribution in [3.05, 3.63) is 0 Å². The maximum atomic E-state index is 9.78. The predicted octanol–water partition coefficient (Wildman–Crippen LogP) is -5.40. The molecule has 136 valence electrons. The molecule has 0 saturated carbocycles. The van der Waals surface area contributed by atoms with Crippen molar-refractivity contribution in [1.82, 2.24) is 0 Å². The Morgan fingerprint density at radius 3 is 1.83 bits per heavy atom. The molecule has 0 aromatic heterocycles. The summed E-state index contributed by atoms with van der Waals surface area (Å²) in [7, 11) is 0. The van der Waals surface area contributed by atoms with E-state index in [1.165, 1.54) is 0 Å². The second-order valence-electron chi connectivity index (χ2n) is 5.57. The van der Waals surface area contributed by atoms with Crippen molar-refractivity contribution in [1.29, 1.82) is 0 Å². The Kier molecular flexibility index (Phi) is 6.27. The van der Waals surface area contributed by atoms with Gasteiger partial charge in [0.1, 0.15) is 48.8 Å². The zero-order valence-electron chi connectivity index (χ0n) is 12.0. The standard InChI is InChI=1S/C12H22O11/c13-1-3-5(14)8(17)10(19)12(23-3)21-2-4-6(15)7(16)9(18)11(20)22-4/h3-20H,1-2H2/t3-,4-,5+,6+,7+,8+,9-,10-,11-,12-/m1/s1. The largest absolute Gasteiger partial charge is 0.394 e. The van der Waals surface area contributed by atoms with Crippen molar-refractivity contribution in [3.63, 3.8) is 0 Å². The molecule has 8 N–H and O–H groups in total. The fraction of sp³-hybridized carbons (Fsp3) is 1.00. The Morgan fingerprint density at radius 2 is 1.22 bits per heavy atom. The van der Waals surface area contributed by atoms with E-state index in [0.29, 0.717) is 0 Å². The topological polar surface area (TPSA) is 190 Å². The number of aliphatic hydroxyl groups is 8. The van der Waals surface area contributed by atoms with Gasteiger partial charge in [-0.15, -0.1) is 0 Å². The summed E-state index contributed by atoms with van der Waals surface area (Å²) in [6.45, 7) is -1.10. The van der Waals surface area contributed by atoms with Gasteiger partial charge in [0.25, 0.3) is 0 Å². The van der Waals surface area contributed by atoms with E-state index in [-0.39, 0.29) is 0 Å². The van der Waals surface area contributed by atoms with Crippen molar-refractivity contribution in [3.8, 4) is 0 Å². The van der Waals surface area contributed by atoms with Gasteiger partial charge in [-0.25, -0.2) is 0 Å². The maximum absolute atomic E-state index is 9.78. The first-order chi connectivity index (χ1) is 10.8. The Morgan fingerprint density at radius 1 is 0.652 bits per heavy atom. The Balaban J connectivity index is 1.94. The third-order valence-electron chi connectivity index (χ3n) is 3.96. The molecule has 0 spiro atoms. The molecular formula is C12H22O11. The van der Waals surface area contributed by atoms with Gasteiger partial charge < -0.3 is 55.1 Å². The van der Waals surface area contributed by atoms with Gasteiger partial charge in [0.2, 0.25) is 0 Å². The second-order valence-corrected chi connectivity index (χ2v) is 5.57. The predicted molar refractivity (Wildman–Crippen MR) is 68.6 cm³/mol. The van der Waals surface area contributed by atoms with E-state index in [9.17, 15) is 35.7 Å². The quantitative estimate of drug-likeness (QED) is 0.243. The van der Waals surface area contributed by atoms with Crippen molar-refractivity contribution in [2.45, 2.75) is 61.4 Å². The van der Waals surface area contributed by atoms with Crippen molar-refractivity contribution in [2.75, 3.05) is 13.2 Å². The number of rotatable bonds is 4. The lowest BCUT2D eigenvalue weighted by atomic mass is 9.98. The van der Waals surface area contributed by atoms with Gasteiger partial charge in [0, 0.05) is 0 Å². The molecular weight excluding hydrogens is 320 g/mol. The Bertz CT molecular complexity index is 380. The molecule has 11 heteroatoms. The van der Waals surface area contributed by atoms with Crippen molar-refractivity contribution in [2.24, 2.45) is 0 Å². The van der Waals surface area contributed by atoms with Gasteiger partial charge in [-0.2, -0.15) is 0 Å². The molecule has 0 bridgehead atoms. The summed E-state index contributed by atoms with van der Waals surface area (Å²) in [5.74, 6) is 0. The maximum Gasteiger partial charge on any atom is 0.186 e. The molecule has 0 aromatic carbocycles. The summed E-state index contributed by atoms with van der Waals surface area (Å²) in [6.07, 6.45) is -15.3. The number of aliphatic hydroxyl groups excluding tert-OH is 8. The highest BCUT2D eigenvalue weighted by atomic mass is 16.7. The van der Waals surface area contributed by atoms with E-state index in [1.54, 1.807) is 0 Å². The molecule has 23 heavy (non-hydrogen) atoms. The van der Waals surface area contributed by atoms with Crippen molar-refractivity contribution >= 4 is 0 Å². The molecule has 0 unspecified atom stereocenters. The van der Waals surface area contributed by atoms with Crippen LogP contribution in [0, 0.1) is 0 Å². The van der Waals surface area contributed by atoms with E-state index in [1.807, 2.05) is 0 Å². The first-order valence-electron chi connectivity index (χ1n) is 7.07. The summed E-state index contributed by atoms with van der Waals surface area (Å²) >= 11 is 0. The normalized spacial score (nSPS) is 51.7. The fourth-order valence-electron chi connectivity index (χ4n) is 2.46. The average molecular weight is 342 g/mol. The number of hydrogen-bond donors (Lipinski definition) is 8. The van der Waals surface area contributed by atoms with Crippen molar-refractivity contribution < 1.29 is 55.1 Å². The molecule has 11 nitrogen and oxygen atoms in total. The molecule has 0 aromatic rings. The minimum atomic E-state index is -1.74. The molecule has 0 radical (unpaired) electrons. The zero-order chi connectivity index (χ0) is 17.3. The molecule has 2 aliphatic heterocycles. The van der Waals surface area contributed by atoms with E-state index >= 15 is 0 Å². The molecule has 2 rings (SSSR count). The van der Waals surface area contributed by atoms with Crippen LogP contribution in [0.25, 0.3) is 0 Å². The monoisotopic (exact) mass is 342 g/mol. The van der Waals surface area contributed by atoms with Gasteiger partial charge in [-0.3, -0.25) is 0 Å². The van der Waals surface area contributed by atoms with Crippen LogP contribution in [0.15, 0.2) is 0 Å². The third kappa shape index (κ3) is 3.81. The summed E-state index contributed by atoms with van der Waals surface area (Å²) < 4.78 is 15.1. The van der Waals surface area contributed by atoms with Crippen LogP contribution in [0.3, 0.4) is 0 Å². The van der Waals surface area contributed by atoms with Gasteiger partial charge in [0.15, 0.2) is 12.6 Å². The van der Waals surface area contributed by atoms with Gasteiger partial charge in [0.05, 0.1) is 13.2 Å². The van der Waals surface area contributed by atoms with E-state index in [0.717, 1.165) is 0 Å². The molecule has 2 saturated heterocycles. The lowest BCUT2D eigenvalue weighted by Gasteiger charge is -2.41. The van der Waals surface area contributed by atoms with Crippen LogP contribution < -0.4 is 0 Å². The molecule has 2 heterocycles. The minimum absolute atomic E-state index is 0.468. The van der Waals surface area contributed by atoms with Crippen LogP contribution in [0.5, 0.6) is 0 Å². The van der Waals surface area contributed by atoms with E-state index in [2.05, 4.69) is 0 Å². The third-order valence-corrected chi connectivity index (χ3v) is 3.96. The highest BCUT2D eigenvalue weighted by molar-refractivity contribution is 4.91. The van der Waals surface area contributed by atoms with Crippen LogP contribution in [0.2, 0.25) is 0 Å². The van der Waals surface area contributed by atoms with Gasteiger partial charge in [-0.05, 0) is 0 Å². The summed E-state index contributed by atoms with van der Waals surface area (Å²) in [5, 5.41) is 76.1. The Hall–Kier alpha value is -0.440. The first kappa shape index (κ1) is 18.9. The van der Waals surface area contributed by atoms with E-state index in [4.69, 9.17) is 19.3 Å². The minimum Gasteiger partial charge on any atom is -0.394 e. The summed E-state index contributed by atoms with van der Waals surface area (Å²) in [6, 6.07) is 0. The Labute approximate surface area is 130 Å². The van der Waals surface area contributed by atoms with Crippen LogP contribution in [0.1, 0.15) is 0 Å². The van der Waals surface area contributed by atoms with Crippen LogP contribution in [-0.4, -0.2) is 115 Å². The summed E-state index contributed by atoms with van der Waals surface area (Å²) in [4.78, 5) is 0. The lowest BCUT2D eigenvalue weighted by Crippen LogP contribution is -2.61. The van der Waals surface area contributed by atoms with Crippen LogP contribution in [0.4, 0.5) is 0 Å². The molecule has 2 aliphatic rings. The highest BCUT2D eigenvalue weighted by Gasteiger charge is 2.46. The fourth-order valence-corrected chi connectivity index (χ4v) is 2.46. The molecule has 0 aliphatic carbocycles. The molecule has 2 fully saturated rings. The summed E-state index contributed by atoms with van der Waals surface area (Å²) in [5.41, 5.74) is 0. The van der Waals surface area contributed by atoms with Crippen LogP contribution in [-0.2, 0) is 14.2 Å². The smallest absolute Gasteiger partial charge is 0.186 e. The van der Waals surface area contributed by atoms with Crippen LogP contribution >= 0.6 is 0 Å². The van der Waals surface area contributed by atoms with Gasteiger partial charge in [-0.1, -0.05) is 0 Å². The number of hydrogen-bond acceptors (Lipinski definition) is 11. The highest BCUT2D eigenvalue weighted by Crippen LogP contribution is 2.24. The second kappa shape index (κ2) is 7.63. The average Bonchev–Trinajstić information content (AvgIpc) is 2.54. The molecule has 10 atom stereocenters. The van der Waals surface area contributed by atoms with E-state index < -0.39 is 74.6 Å². The first-order valence-corrected chi connectivity index (χ1v) is 7.07. The number of ether oxygens (including phenoxy) is 3. The van der Waals surface area contributed by atoms with Gasteiger partial charge >= 0.3 is 0 Å².